The number of aromatic hydroxyl groups is 1. The van der Waals surface area contributed by atoms with Gasteiger partial charge in [-0.3, -0.25) is 19.6 Å². The summed E-state index contributed by atoms with van der Waals surface area (Å²) in [5, 5.41) is 11.6. The van der Waals surface area contributed by atoms with Crippen molar-refractivity contribution in [2.75, 3.05) is 38.6 Å². The molecule has 1 aliphatic heterocycles. The number of piperazine rings is 1. The van der Waals surface area contributed by atoms with E-state index in [-0.39, 0.29) is 29.4 Å². The van der Waals surface area contributed by atoms with Crippen molar-refractivity contribution in [3.8, 4) is 17.0 Å². The number of likely N-dealkylation sites (N-methyl/N-ethyl adjacent to an activating group) is 1. The molecule has 2 N–H and O–H groups in total. The number of aromatic amines is 1. The molecule has 0 spiro atoms. The number of nitrogens with one attached hydrogen (secondary N) is 1. The first-order chi connectivity index (χ1) is 18.7. The number of carbonyl (C=O) groups excluding carboxylic acids is 1. The highest BCUT2D eigenvalue weighted by Crippen LogP contribution is 2.29. The SMILES string of the molecule is C[C@@H]1CN(c2ccc(N=Cc3c(O)[nH]c(=O)c4ccc(-c5ccoc5)cc34)cc2)C[C@H](C)N1C(=O)CN(C)C. The van der Waals surface area contributed by atoms with Crippen LogP contribution in [0.25, 0.3) is 21.9 Å². The van der Waals surface area contributed by atoms with Crippen molar-refractivity contribution in [1.29, 1.82) is 0 Å². The number of amides is 1. The first kappa shape index (κ1) is 26.2. The summed E-state index contributed by atoms with van der Waals surface area (Å²) in [4.78, 5) is 38.5. The molecule has 0 saturated carbocycles. The zero-order chi connectivity index (χ0) is 27.7. The average Bonchev–Trinajstić information content (AvgIpc) is 3.43. The Morgan fingerprint density at radius 3 is 2.44 bits per heavy atom. The van der Waals surface area contributed by atoms with Crippen LogP contribution in [0.4, 0.5) is 11.4 Å². The van der Waals surface area contributed by atoms with E-state index in [1.54, 1.807) is 24.8 Å². The zero-order valence-corrected chi connectivity index (χ0v) is 22.6. The van der Waals surface area contributed by atoms with E-state index < -0.39 is 0 Å². The van der Waals surface area contributed by atoms with Crippen LogP contribution in [-0.4, -0.2) is 77.8 Å². The molecule has 39 heavy (non-hydrogen) atoms. The number of nitrogens with zero attached hydrogens (tertiary/aromatic N) is 4. The molecule has 2 atom stereocenters. The number of fused-ring (bicyclic) bond motifs is 1. The molecule has 0 unspecified atom stereocenters. The average molecular weight is 528 g/mol. The standard InChI is InChI=1S/C30H33N5O4/c1-19-15-34(16-20(2)35(19)28(36)17-33(3)4)24-8-6-23(7-9-24)31-14-27-26-13-21(22-11-12-39-18-22)5-10-25(26)29(37)32-30(27)38/h5-14,18-20H,15-17H2,1-4H3,(H2,32,37,38)/t19-,20+. The number of furan rings is 1. The maximum Gasteiger partial charge on any atom is 0.258 e. The van der Waals surface area contributed by atoms with E-state index in [0.717, 1.165) is 29.9 Å². The predicted octanol–water partition coefficient (Wildman–Crippen LogP) is 4.23. The van der Waals surface area contributed by atoms with Gasteiger partial charge in [0.05, 0.1) is 30.3 Å². The molecular weight excluding hydrogens is 494 g/mol. The van der Waals surface area contributed by atoms with Crippen molar-refractivity contribution in [3.63, 3.8) is 0 Å². The summed E-state index contributed by atoms with van der Waals surface area (Å²) in [5.41, 5.74) is 3.59. The number of rotatable bonds is 6. The number of carbonyl (C=O) groups is 1. The number of hydrogen-bond donors (Lipinski definition) is 2. The third-order valence-electron chi connectivity index (χ3n) is 7.11. The lowest BCUT2D eigenvalue weighted by Gasteiger charge is -2.45. The fourth-order valence-electron chi connectivity index (χ4n) is 5.34. The van der Waals surface area contributed by atoms with Crippen LogP contribution >= 0.6 is 0 Å². The molecule has 1 saturated heterocycles. The number of anilines is 1. The van der Waals surface area contributed by atoms with Crippen molar-refractivity contribution in [2.45, 2.75) is 25.9 Å². The monoisotopic (exact) mass is 527 g/mol. The second kappa shape index (κ2) is 10.8. The number of benzene rings is 2. The highest BCUT2D eigenvalue weighted by molar-refractivity contribution is 6.03. The molecule has 1 amide bonds. The minimum absolute atomic E-state index is 0.0994. The van der Waals surface area contributed by atoms with Gasteiger partial charge in [-0.15, -0.1) is 0 Å². The third kappa shape index (κ3) is 5.44. The van der Waals surface area contributed by atoms with Crippen LogP contribution in [0.15, 0.2) is 75.3 Å². The lowest BCUT2D eigenvalue weighted by Crippen LogP contribution is -2.60. The first-order valence-electron chi connectivity index (χ1n) is 13.0. The molecular formula is C30H33N5O4. The summed E-state index contributed by atoms with van der Waals surface area (Å²) in [5.74, 6) is -0.0823. The smallest absolute Gasteiger partial charge is 0.258 e. The molecule has 9 nitrogen and oxygen atoms in total. The largest absolute Gasteiger partial charge is 0.494 e. The van der Waals surface area contributed by atoms with E-state index in [4.69, 9.17) is 4.42 Å². The Labute approximate surface area is 227 Å². The van der Waals surface area contributed by atoms with Gasteiger partial charge in [-0.2, -0.15) is 0 Å². The molecule has 2 aromatic carbocycles. The molecule has 3 heterocycles. The van der Waals surface area contributed by atoms with Crippen molar-refractivity contribution in [2.24, 2.45) is 4.99 Å². The normalized spacial score (nSPS) is 18.0. The Morgan fingerprint density at radius 1 is 1.08 bits per heavy atom. The number of hydrogen-bond acceptors (Lipinski definition) is 7. The summed E-state index contributed by atoms with van der Waals surface area (Å²) >= 11 is 0. The van der Waals surface area contributed by atoms with Gasteiger partial charge in [0.2, 0.25) is 11.8 Å². The Morgan fingerprint density at radius 2 is 1.79 bits per heavy atom. The fourth-order valence-corrected chi connectivity index (χ4v) is 5.34. The van der Waals surface area contributed by atoms with Gasteiger partial charge in [-0.25, -0.2) is 0 Å². The summed E-state index contributed by atoms with van der Waals surface area (Å²) in [6, 6.07) is 15.4. The topological polar surface area (TPSA) is 105 Å². The van der Waals surface area contributed by atoms with Crippen molar-refractivity contribution < 1.29 is 14.3 Å². The highest BCUT2D eigenvalue weighted by Gasteiger charge is 2.32. The molecule has 202 valence electrons. The fraction of sp³-hybridized carbons (Fsp3) is 0.300. The van der Waals surface area contributed by atoms with E-state index in [1.165, 1.54) is 0 Å². The number of H-pyrrole nitrogens is 1. The quantitative estimate of drug-likeness (QED) is 0.364. The molecule has 2 aromatic heterocycles. The molecule has 0 bridgehead atoms. The molecule has 1 fully saturated rings. The Balaban J connectivity index is 1.36. The molecule has 1 aliphatic rings. The van der Waals surface area contributed by atoms with E-state index in [9.17, 15) is 14.7 Å². The zero-order valence-electron chi connectivity index (χ0n) is 22.6. The number of pyridine rings is 1. The van der Waals surface area contributed by atoms with Crippen molar-refractivity contribution in [3.05, 3.63) is 77.0 Å². The van der Waals surface area contributed by atoms with Crippen LogP contribution < -0.4 is 10.5 Å². The Hall–Kier alpha value is -4.37. The number of aliphatic imine (C=N–C) groups is 1. The van der Waals surface area contributed by atoms with E-state index >= 15 is 0 Å². The van der Waals surface area contributed by atoms with Gasteiger partial charge in [0.15, 0.2) is 0 Å². The van der Waals surface area contributed by atoms with Gasteiger partial charge in [0.1, 0.15) is 0 Å². The second-order valence-electron chi connectivity index (χ2n) is 10.4. The van der Waals surface area contributed by atoms with Crippen molar-refractivity contribution >= 4 is 34.3 Å². The lowest BCUT2D eigenvalue weighted by molar-refractivity contribution is -0.136. The molecule has 0 radical (unpaired) electrons. The van der Waals surface area contributed by atoms with Crippen LogP contribution in [-0.2, 0) is 4.79 Å². The maximum atomic E-state index is 12.7. The van der Waals surface area contributed by atoms with Crippen LogP contribution in [0.5, 0.6) is 5.88 Å². The minimum atomic E-state index is -0.366. The van der Waals surface area contributed by atoms with Gasteiger partial charge in [0.25, 0.3) is 5.56 Å². The molecule has 0 aliphatic carbocycles. The second-order valence-corrected chi connectivity index (χ2v) is 10.4. The minimum Gasteiger partial charge on any atom is -0.494 e. The van der Waals surface area contributed by atoms with Crippen LogP contribution in [0.3, 0.4) is 0 Å². The van der Waals surface area contributed by atoms with Crippen LogP contribution in [0.2, 0.25) is 0 Å². The lowest BCUT2D eigenvalue weighted by atomic mass is 10.0. The molecule has 4 aromatic rings. The Bertz CT molecular complexity index is 1550. The molecule has 5 rings (SSSR count). The highest BCUT2D eigenvalue weighted by atomic mass is 16.3. The Kier molecular flexibility index (Phi) is 7.26. The first-order valence-corrected chi connectivity index (χ1v) is 13.0. The summed E-state index contributed by atoms with van der Waals surface area (Å²) < 4.78 is 5.19. The summed E-state index contributed by atoms with van der Waals surface area (Å²) in [6.07, 6.45) is 4.79. The van der Waals surface area contributed by atoms with E-state index in [2.05, 4.69) is 28.7 Å². The third-order valence-corrected chi connectivity index (χ3v) is 7.11. The van der Waals surface area contributed by atoms with Crippen LogP contribution in [0.1, 0.15) is 19.4 Å². The van der Waals surface area contributed by atoms with Crippen LogP contribution in [0, 0.1) is 0 Å². The number of aromatic nitrogens is 1. The van der Waals surface area contributed by atoms with Gasteiger partial charge in [0, 0.05) is 53.4 Å². The molecule has 9 heteroatoms. The predicted molar refractivity (Wildman–Crippen MR) is 154 cm³/mol. The summed E-state index contributed by atoms with van der Waals surface area (Å²) in [7, 11) is 3.82. The van der Waals surface area contributed by atoms with Gasteiger partial charge in [-0.05, 0) is 76.0 Å². The van der Waals surface area contributed by atoms with Gasteiger partial charge < -0.3 is 24.2 Å². The van der Waals surface area contributed by atoms with Crippen molar-refractivity contribution in [1.82, 2.24) is 14.8 Å². The van der Waals surface area contributed by atoms with Gasteiger partial charge >= 0.3 is 0 Å². The summed E-state index contributed by atoms with van der Waals surface area (Å²) in [6.45, 7) is 6.10. The van der Waals surface area contributed by atoms with E-state index in [1.807, 2.05) is 66.4 Å². The van der Waals surface area contributed by atoms with Gasteiger partial charge in [-0.1, -0.05) is 6.07 Å². The maximum absolute atomic E-state index is 12.7. The van der Waals surface area contributed by atoms with E-state index in [0.29, 0.717) is 28.6 Å².